The van der Waals surface area contributed by atoms with E-state index in [-0.39, 0.29) is 0 Å². The number of piperidine rings is 1. The lowest BCUT2D eigenvalue weighted by Crippen LogP contribution is -2.53. The predicted octanol–water partition coefficient (Wildman–Crippen LogP) is 2.83. The molecule has 1 heterocycles. The number of nitrogens with zero attached hydrogens (tertiary/aromatic N) is 1. The molecule has 1 aliphatic heterocycles. The van der Waals surface area contributed by atoms with Crippen LogP contribution in [0.15, 0.2) is 24.3 Å². The Bertz CT molecular complexity index is 421. The quantitative estimate of drug-likeness (QED) is 0.898. The Morgan fingerprint density at radius 1 is 1.35 bits per heavy atom. The van der Waals surface area contributed by atoms with Crippen LogP contribution in [0, 0.1) is 0 Å². The lowest BCUT2D eigenvalue weighted by Gasteiger charge is -2.44. The summed E-state index contributed by atoms with van der Waals surface area (Å²) in [6.45, 7) is 5.41. The highest BCUT2D eigenvalue weighted by atomic mass is 16.5. The van der Waals surface area contributed by atoms with Gasteiger partial charge in [0.05, 0.1) is 7.11 Å². The fourth-order valence-electron chi connectivity index (χ4n) is 3.64. The highest BCUT2D eigenvalue weighted by molar-refractivity contribution is 5.33. The maximum Gasteiger partial charge on any atom is 0.122 e. The molecule has 0 radical (unpaired) electrons. The maximum atomic E-state index is 5.98. The number of methoxy groups -OCH3 is 1. The fourth-order valence-corrected chi connectivity index (χ4v) is 3.64. The lowest BCUT2D eigenvalue weighted by atomic mass is 9.92. The highest BCUT2D eigenvalue weighted by Gasteiger charge is 2.30. The summed E-state index contributed by atoms with van der Waals surface area (Å²) in [5, 5.41) is 0. The summed E-state index contributed by atoms with van der Waals surface area (Å²) in [5.41, 5.74) is 7.26. The van der Waals surface area contributed by atoms with Gasteiger partial charge in [-0.05, 0) is 44.7 Å². The molecule has 0 spiro atoms. The van der Waals surface area contributed by atoms with Gasteiger partial charge in [-0.25, -0.2) is 0 Å². The summed E-state index contributed by atoms with van der Waals surface area (Å²) in [6.07, 6.45) is 4.84. The molecule has 2 rings (SSSR count). The van der Waals surface area contributed by atoms with E-state index < -0.39 is 0 Å². The molecule has 0 aromatic heterocycles. The van der Waals surface area contributed by atoms with E-state index >= 15 is 0 Å². The largest absolute Gasteiger partial charge is 0.496 e. The number of benzene rings is 1. The Balaban J connectivity index is 2.11. The predicted molar refractivity (Wildman–Crippen MR) is 84.2 cm³/mol. The molecule has 1 saturated heterocycles. The highest BCUT2D eigenvalue weighted by Crippen LogP contribution is 2.28. The zero-order chi connectivity index (χ0) is 14.5. The SMILES string of the molecule is COc1ccccc1CC(C)N1C(C)CCCC1CN. The maximum absolute atomic E-state index is 5.98. The number of hydrogen-bond acceptors (Lipinski definition) is 3. The van der Waals surface area contributed by atoms with Gasteiger partial charge in [-0.1, -0.05) is 24.6 Å². The van der Waals surface area contributed by atoms with Gasteiger partial charge in [0.1, 0.15) is 5.75 Å². The third-order valence-electron chi connectivity index (χ3n) is 4.58. The molecule has 1 aliphatic rings. The third-order valence-corrected chi connectivity index (χ3v) is 4.58. The summed E-state index contributed by atoms with van der Waals surface area (Å²) in [6, 6.07) is 9.98. The average molecular weight is 276 g/mol. The topological polar surface area (TPSA) is 38.5 Å². The van der Waals surface area contributed by atoms with E-state index in [0.717, 1.165) is 18.7 Å². The molecular formula is C17H28N2O. The first-order valence-electron chi connectivity index (χ1n) is 7.76. The van der Waals surface area contributed by atoms with Crippen LogP contribution in [0.2, 0.25) is 0 Å². The van der Waals surface area contributed by atoms with Crippen molar-refractivity contribution >= 4 is 0 Å². The Hall–Kier alpha value is -1.06. The van der Waals surface area contributed by atoms with Crippen LogP contribution >= 0.6 is 0 Å². The first-order valence-corrected chi connectivity index (χ1v) is 7.76. The molecule has 112 valence electrons. The van der Waals surface area contributed by atoms with Crippen molar-refractivity contribution in [1.29, 1.82) is 0 Å². The van der Waals surface area contributed by atoms with Crippen molar-refractivity contribution in [1.82, 2.24) is 4.90 Å². The molecule has 1 fully saturated rings. The van der Waals surface area contributed by atoms with Crippen LogP contribution < -0.4 is 10.5 Å². The second-order valence-corrected chi connectivity index (χ2v) is 5.98. The fraction of sp³-hybridized carbons (Fsp3) is 0.647. The Labute approximate surface area is 123 Å². The van der Waals surface area contributed by atoms with Crippen LogP contribution in [-0.4, -0.2) is 36.7 Å². The van der Waals surface area contributed by atoms with Gasteiger partial charge in [-0.2, -0.15) is 0 Å². The molecule has 20 heavy (non-hydrogen) atoms. The molecule has 1 aromatic rings. The lowest BCUT2D eigenvalue weighted by molar-refractivity contribution is 0.0573. The first-order chi connectivity index (χ1) is 9.67. The van der Waals surface area contributed by atoms with Crippen molar-refractivity contribution in [2.75, 3.05) is 13.7 Å². The smallest absolute Gasteiger partial charge is 0.122 e. The van der Waals surface area contributed by atoms with Gasteiger partial charge in [-0.3, -0.25) is 4.90 Å². The van der Waals surface area contributed by atoms with Crippen molar-refractivity contribution in [2.45, 2.75) is 57.7 Å². The zero-order valence-electron chi connectivity index (χ0n) is 13.0. The van der Waals surface area contributed by atoms with E-state index in [9.17, 15) is 0 Å². The summed E-state index contributed by atoms with van der Waals surface area (Å²) >= 11 is 0. The van der Waals surface area contributed by atoms with Crippen molar-refractivity contribution in [3.63, 3.8) is 0 Å². The molecule has 0 aliphatic carbocycles. The monoisotopic (exact) mass is 276 g/mol. The van der Waals surface area contributed by atoms with E-state index in [4.69, 9.17) is 10.5 Å². The van der Waals surface area contributed by atoms with E-state index in [2.05, 4.69) is 30.9 Å². The molecule has 3 unspecified atom stereocenters. The van der Waals surface area contributed by atoms with Crippen LogP contribution in [-0.2, 0) is 6.42 Å². The second kappa shape index (κ2) is 7.09. The molecule has 0 saturated carbocycles. The standard InChI is InChI=1S/C17H28N2O/c1-13-7-6-9-16(12-18)19(13)14(2)11-15-8-4-5-10-17(15)20-3/h4-5,8,10,13-14,16H,6-7,9,11-12,18H2,1-3H3. The molecule has 3 heteroatoms. The van der Waals surface area contributed by atoms with E-state index in [1.54, 1.807) is 7.11 Å². The summed E-state index contributed by atoms with van der Waals surface area (Å²) in [5.74, 6) is 0.994. The van der Waals surface area contributed by atoms with Crippen molar-refractivity contribution < 1.29 is 4.74 Å². The molecule has 1 aromatic carbocycles. The van der Waals surface area contributed by atoms with Gasteiger partial charge in [-0.15, -0.1) is 0 Å². The zero-order valence-corrected chi connectivity index (χ0v) is 13.0. The minimum atomic E-state index is 0.496. The molecule has 3 nitrogen and oxygen atoms in total. The second-order valence-electron chi connectivity index (χ2n) is 5.98. The van der Waals surface area contributed by atoms with Gasteiger partial charge in [0, 0.05) is 24.7 Å². The van der Waals surface area contributed by atoms with Gasteiger partial charge in [0.25, 0.3) is 0 Å². The van der Waals surface area contributed by atoms with Gasteiger partial charge < -0.3 is 10.5 Å². The average Bonchev–Trinajstić information content (AvgIpc) is 2.47. The first kappa shape index (κ1) is 15.3. The summed E-state index contributed by atoms with van der Waals surface area (Å²) < 4.78 is 5.47. The molecule has 2 N–H and O–H groups in total. The molecule has 0 amide bonds. The number of ether oxygens (including phenoxy) is 1. The van der Waals surface area contributed by atoms with Gasteiger partial charge >= 0.3 is 0 Å². The number of para-hydroxylation sites is 1. The Morgan fingerprint density at radius 2 is 2.10 bits per heavy atom. The van der Waals surface area contributed by atoms with Crippen LogP contribution in [0.3, 0.4) is 0 Å². The van der Waals surface area contributed by atoms with Gasteiger partial charge in [0.15, 0.2) is 0 Å². The molecular weight excluding hydrogens is 248 g/mol. The van der Waals surface area contributed by atoms with Crippen LogP contribution in [0.1, 0.15) is 38.7 Å². The van der Waals surface area contributed by atoms with Crippen molar-refractivity contribution in [3.8, 4) is 5.75 Å². The molecule has 3 atom stereocenters. The van der Waals surface area contributed by atoms with E-state index in [1.807, 2.05) is 12.1 Å². The molecule has 0 bridgehead atoms. The minimum Gasteiger partial charge on any atom is -0.496 e. The van der Waals surface area contributed by atoms with Crippen molar-refractivity contribution in [2.24, 2.45) is 5.73 Å². The number of rotatable bonds is 5. The third kappa shape index (κ3) is 3.33. The minimum absolute atomic E-state index is 0.496. The normalized spacial score (nSPS) is 25.4. The summed E-state index contributed by atoms with van der Waals surface area (Å²) in [7, 11) is 1.75. The van der Waals surface area contributed by atoms with Crippen LogP contribution in [0.4, 0.5) is 0 Å². The number of hydrogen-bond donors (Lipinski definition) is 1. The van der Waals surface area contributed by atoms with E-state index in [1.165, 1.54) is 24.8 Å². The van der Waals surface area contributed by atoms with Crippen LogP contribution in [0.5, 0.6) is 5.75 Å². The van der Waals surface area contributed by atoms with Gasteiger partial charge in [0.2, 0.25) is 0 Å². The number of nitrogens with two attached hydrogens (primary N) is 1. The van der Waals surface area contributed by atoms with E-state index in [0.29, 0.717) is 18.1 Å². The Morgan fingerprint density at radius 3 is 2.80 bits per heavy atom. The van der Waals surface area contributed by atoms with Crippen LogP contribution in [0.25, 0.3) is 0 Å². The Kier molecular flexibility index (Phi) is 5.44. The van der Waals surface area contributed by atoms with Crippen molar-refractivity contribution in [3.05, 3.63) is 29.8 Å². The number of likely N-dealkylation sites (tertiary alicyclic amines) is 1. The summed E-state index contributed by atoms with van der Waals surface area (Å²) in [4.78, 5) is 2.62.